The number of likely N-dealkylation sites (tertiary alicyclic amines) is 1. The van der Waals surface area contributed by atoms with Crippen molar-refractivity contribution in [2.75, 3.05) is 26.7 Å². The summed E-state index contributed by atoms with van der Waals surface area (Å²) in [6.45, 7) is 10.0. The van der Waals surface area contributed by atoms with Crippen molar-refractivity contribution < 1.29 is 4.74 Å². The zero-order valence-electron chi connectivity index (χ0n) is 13.9. The molecule has 0 bridgehead atoms. The second kappa shape index (κ2) is 8.55. The van der Waals surface area contributed by atoms with Crippen molar-refractivity contribution in [2.24, 2.45) is 10.4 Å². The topological polar surface area (TPSA) is 49.8 Å². The van der Waals surface area contributed by atoms with Gasteiger partial charge >= 0.3 is 0 Å². The van der Waals surface area contributed by atoms with Gasteiger partial charge < -0.3 is 15.0 Å². The molecule has 0 spiro atoms. The van der Waals surface area contributed by atoms with E-state index in [1.165, 1.54) is 6.42 Å². The molecule has 1 aliphatic rings. The summed E-state index contributed by atoms with van der Waals surface area (Å²) in [5, 5.41) is 3.43. The molecule has 0 aliphatic carbocycles. The van der Waals surface area contributed by atoms with Gasteiger partial charge in [0.1, 0.15) is 0 Å². The van der Waals surface area contributed by atoms with Crippen LogP contribution in [0.5, 0.6) is 5.88 Å². The Balaban J connectivity index is 0.00000242. The van der Waals surface area contributed by atoms with Crippen molar-refractivity contribution in [3.8, 4) is 5.88 Å². The average Bonchev–Trinajstić information content (AvgIpc) is 2.81. The number of hydrogen-bond acceptors (Lipinski definition) is 3. The van der Waals surface area contributed by atoms with E-state index in [9.17, 15) is 0 Å². The zero-order valence-corrected chi connectivity index (χ0v) is 16.3. The number of nitrogens with zero attached hydrogens (tertiary/aromatic N) is 3. The van der Waals surface area contributed by atoms with Gasteiger partial charge in [0.05, 0.1) is 6.61 Å². The van der Waals surface area contributed by atoms with Gasteiger partial charge in [0.15, 0.2) is 5.96 Å². The fraction of sp³-hybridized carbons (Fsp3) is 0.625. The predicted octanol–water partition coefficient (Wildman–Crippen LogP) is 2.91. The Morgan fingerprint density at radius 3 is 2.86 bits per heavy atom. The first-order chi connectivity index (χ1) is 10.0. The predicted molar refractivity (Wildman–Crippen MR) is 101 cm³/mol. The maximum atomic E-state index is 5.43. The Bertz CT molecular complexity index is 505. The van der Waals surface area contributed by atoms with Crippen LogP contribution in [-0.4, -0.2) is 42.6 Å². The van der Waals surface area contributed by atoms with Crippen LogP contribution in [0.2, 0.25) is 0 Å². The van der Waals surface area contributed by atoms with Crippen molar-refractivity contribution in [1.29, 1.82) is 0 Å². The summed E-state index contributed by atoms with van der Waals surface area (Å²) in [4.78, 5) is 10.9. The molecular formula is C16H27IN4O. The smallest absolute Gasteiger partial charge is 0.213 e. The third-order valence-electron chi connectivity index (χ3n) is 3.73. The zero-order chi connectivity index (χ0) is 15.3. The van der Waals surface area contributed by atoms with Crippen LogP contribution < -0.4 is 10.1 Å². The number of aliphatic imine (C=N–C) groups is 1. The fourth-order valence-electron chi connectivity index (χ4n) is 2.59. The number of ether oxygens (including phenoxy) is 1. The number of halogens is 1. The van der Waals surface area contributed by atoms with Gasteiger partial charge in [0.25, 0.3) is 0 Å². The summed E-state index contributed by atoms with van der Waals surface area (Å²) in [5.41, 5.74) is 1.52. The van der Waals surface area contributed by atoms with Crippen LogP contribution in [0.1, 0.15) is 32.8 Å². The maximum Gasteiger partial charge on any atom is 0.213 e. The molecule has 0 unspecified atom stereocenters. The van der Waals surface area contributed by atoms with E-state index >= 15 is 0 Å². The molecule has 124 valence electrons. The summed E-state index contributed by atoms with van der Waals surface area (Å²) >= 11 is 0. The molecule has 0 amide bonds. The lowest BCUT2D eigenvalue weighted by Crippen LogP contribution is -2.40. The van der Waals surface area contributed by atoms with Crippen LogP contribution in [0.3, 0.4) is 0 Å². The minimum absolute atomic E-state index is 0. The van der Waals surface area contributed by atoms with E-state index in [1.807, 2.05) is 26.1 Å². The van der Waals surface area contributed by atoms with Gasteiger partial charge in [-0.2, -0.15) is 0 Å². The molecular weight excluding hydrogens is 391 g/mol. The lowest BCUT2D eigenvalue weighted by Gasteiger charge is -2.23. The van der Waals surface area contributed by atoms with E-state index in [0.717, 1.165) is 31.2 Å². The molecule has 5 nitrogen and oxygen atoms in total. The van der Waals surface area contributed by atoms with E-state index in [1.54, 1.807) is 6.20 Å². The second-order valence-corrected chi connectivity index (χ2v) is 6.17. The van der Waals surface area contributed by atoms with E-state index in [0.29, 0.717) is 17.9 Å². The van der Waals surface area contributed by atoms with Crippen molar-refractivity contribution in [3.05, 3.63) is 23.9 Å². The molecule has 1 fully saturated rings. The van der Waals surface area contributed by atoms with Crippen molar-refractivity contribution >= 4 is 29.9 Å². The second-order valence-electron chi connectivity index (χ2n) is 6.17. The summed E-state index contributed by atoms with van der Waals surface area (Å²) in [5.74, 6) is 1.64. The first kappa shape index (κ1) is 19.0. The number of guanidine groups is 1. The summed E-state index contributed by atoms with van der Waals surface area (Å²) in [6, 6.07) is 3.97. The highest BCUT2D eigenvalue weighted by atomic mass is 127. The Morgan fingerprint density at radius 2 is 2.27 bits per heavy atom. The number of hydrogen-bond donors (Lipinski definition) is 1. The highest BCUT2D eigenvalue weighted by Gasteiger charge is 2.30. The van der Waals surface area contributed by atoms with Gasteiger partial charge in [-0.1, -0.05) is 13.8 Å². The molecule has 6 heteroatoms. The molecule has 2 rings (SSSR count). The standard InChI is InChI=1S/C16H26N4O.HI/c1-5-21-14-10-13(6-8-18-14)11-19-15(17-4)20-9-7-16(2,3)12-20;/h6,8,10H,5,7,9,11-12H2,1-4H3,(H,17,19);1H. The number of pyridine rings is 1. The molecule has 2 heterocycles. The van der Waals surface area contributed by atoms with E-state index in [-0.39, 0.29) is 24.0 Å². The molecule has 0 aromatic carbocycles. The van der Waals surface area contributed by atoms with Gasteiger partial charge in [-0.15, -0.1) is 24.0 Å². The van der Waals surface area contributed by atoms with E-state index in [2.05, 4.69) is 34.0 Å². The number of rotatable bonds is 4. The van der Waals surface area contributed by atoms with Crippen LogP contribution in [0.15, 0.2) is 23.3 Å². The Hall–Kier alpha value is -1.05. The fourth-order valence-corrected chi connectivity index (χ4v) is 2.59. The van der Waals surface area contributed by atoms with Crippen LogP contribution in [0.25, 0.3) is 0 Å². The van der Waals surface area contributed by atoms with E-state index in [4.69, 9.17) is 4.74 Å². The Kier molecular flexibility index (Phi) is 7.38. The minimum Gasteiger partial charge on any atom is -0.478 e. The van der Waals surface area contributed by atoms with Crippen molar-refractivity contribution in [2.45, 2.75) is 33.7 Å². The van der Waals surface area contributed by atoms with Gasteiger partial charge in [0, 0.05) is 38.9 Å². The quantitative estimate of drug-likeness (QED) is 0.464. The summed E-state index contributed by atoms with van der Waals surface area (Å²) in [6.07, 6.45) is 2.99. The van der Waals surface area contributed by atoms with Crippen molar-refractivity contribution in [3.63, 3.8) is 0 Å². The summed E-state index contributed by atoms with van der Waals surface area (Å²) < 4.78 is 5.43. The Morgan fingerprint density at radius 1 is 1.50 bits per heavy atom. The maximum absolute atomic E-state index is 5.43. The Labute approximate surface area is 150 Å². The van der Waals surface area contributed by atoms with Crippen molar-refractivity contribution in [1.82, 2.24) is 15.2 Å². The molecule has 1 aromatic heterocycles. The third-order valence-corrected chi connectivity index (χ3v) is 3.73. The van der Waals surface area contributed by atoms with Gasteiger partial charge in [-0.25, -0.2) is 4.98 Å². The molecule has 0 atom stereocenters. The normalized spacial score (nSPS) is 17.1. The van der Waals surface area contributed by atoms with Crippen LogP contribution in [0, 0.1) is 5.41 Å². The molecule has 22 heavy (non-hydrogen) atoms. The SMILES string of the molecule is CCOc1cc(CNC(=NC)N2CCC(C)(C)C2)ccn1.I. The third kappa shape index (κ3) is 5.30. The first-order valence-corrected chi connectivity index (χ1v) is 7.57. The van der Waals surface area contributed by atoms with Crippen LogP contribution >= 0.6 is 24.0 Å². The number of aromatic nitrogens is 1. The largest absolute Gasteiger partial charge is 0.478 e. The molecule has 0 saturated carbocycles. The van der Waals surface area contributed by atoms with Crippen LogP contribution in [-0.2, 0) is 6.54 Å². The molecule has 1 N–H and O–H groups in total. The lowest BCUT2D eigenvalue weighted by atomic mass is 9.93. The molecule has 1 aromatic rings. The first-order valence-electron chi connectivity index (χ1n) is 7.57. The lowest BCUT2D eigenvalue weighted by molar-refractivity contribution is 0.326. The molecule has 1 saturated heterocycles. The van der Waals surface area contributed by atoms with Gasteiger partial charge in [0.2, 0.25) is 5.88 Å². The monoisotopic (exact) mass is 418 g/mol. The highest BCUT2D eigenvalue weighted by molar-refractivity contribution is 14.0. The number of nitrogens with one attached hydrogen (secondary N) is 1. The van der Waals surface area contributed by atoms with Crippen LogP contribution in [0.4, 0.5) is 0 Å². The average molecular weight is 418 g/mol. The highest BCUT2D eigenvalue weighted by Crippen LogP contribution is 2.28. The molecule has 1 aliphatic heterocycles. The van der Waals surface area contributed by atoms with Gasteiger partial charge in [-0.05, 0) is 30.4 Å². The molecule has 0 radical (unpaired) electrons. The van der Waals surface area contributed by atoms with Gasteiger partial charge in [-0.3, -0.25) is 4.99 Å². The minimum atomic E-state index is 0. The van der Waals surface area contributed by atoms with E-state index < -0.39 is 0 Å². The summed E-state index contributed by atoms with van der Waals surface area (Å²) in [7, 11) is 1.84.